The van der Waals surface area contributed by atoms with E-state index in [0.717, 1.165) is 5.92 Å². The third-order valence-corrected chi connectivity index (χ3v) is 3.38. The summed E-state index contributed by atoms with van der Waals surface area (Å²) in [5.41, 5.74) is 12.4. The van der Waals surface area contributed by atoms with Gasteiger partial charge < -0.3 is 0 Å². The Bertz CT molecular complexity index is 157. The molecule has 1 saturated heterocycles. The summed E-state index contributed by atoms with van der Waals surface area (Å²) >= 11 is 0. The van der Waals surface area contributed by atoms with E-state index < -0.39 is 0 Å². The molecule has 0 atom stereocenters. The lowest BCUT2D eigenvalue weighted by atomic mass is 9.88. The van der Waals surface area contributed by atoms with Gasteiger partial charge in [0.2, 0.25) is 0 Å². The number of nitrogens with one attached hydrogen (secondary N) is 4. The second kappa shape index (κ2) is 3.92. The Morgan fingerprint density at radius 3 is 2.00 bits per heavy atom. The third kappa shape index (κ3) is 2.02. The van der Waals surface area contributed by atoms with Gasteiger partial charge in [0.1, 0.15) is 0 Å². The predicted molar refractivity (Wildman–Crippen MR) is 52.1 cm³/mol. The normalized spacial score (nSPS) is 30.2. The SMILES string of the molecule is CC1(C2CCCCCC2)NNNN1. The van der Waals surface area contributed by atoms with Crippen LogP contribution in [0, 0.1) is 5.92 Å². The van der Waals surface area contributed by atoms with E-state index in [4.69, 9.17) is 0 Å². The number of hydrogen-bond donors (Lipinski definition) is 4. The predicted octanol–water partition coefficient (Wildman–Crippen LogP) is 0.790. The highest BCUT2D eigenvalue weighted by atomic mass is 15.8. The van der Waals surface area contributed by atoms with Gasteiger partial charge in [0, 0.05) is 0 Å². The topological polar surface area (TPSA) is 48.1 Å². The largest absolute Gasteiger partial charge is 0.222 e. The van der Waals surface area contributed by atoms with Crippen LogP contribution in [0.25, 0.3) is 0 Å². The maximum Gasteiger partial charge on any atom is 0.0969 e. The first kappa shape index (κ1) is 9.40. The van der Waals surface area contributed by atoms with Crippen LogP contribution >= 0.6 is 0 Å². The van der Waals surface area contributed by atoms with Crippen LogP contribution in [0.5, 0.6) is 0 Å². The maximum atomic E-state index is 3.26. The number of hydrogen-bond acceptors (Lipinski definition) is 4. The summed E-state index contributed by atoms with van der Waals surface area (Å²) in [7, 11) is 0. The molecular formula is C9H20N4. The van der Waals surface area contributed by atoms with Crippen molar-refractivity contribution >= 4 is 0 Å². The molecule has 76 valence electrons. The first-order chi connectivity index (χ1) is 6.31. The molecule has 0 spiro atoms. The van der Waals surface area contributed by atoms with Crippen LogP contribution < -0.4 is 21.9 Å². The highest BCUT2D eigenvalue weighted by molar-refractivity contribution is 4.88. The standard InChI is InChI=1S/C9H20N4/c1-9(10-12-13-11-9)8-6-4-2-3-5-7-8/h8,10-13H,2-7H2,1H3. The van der Waals surface area contributed by atoms with Gasteiger partial charge in [-0.15, -0.1) is 0 Å². The second-order valence-electron chi connectivity index (χ2n) is 4.39. The summed E-state index contributed by atoms with van der Waals surface area (Å²) in [6.45, 7) is 2.22. The zero-order valence-electron chi connectivity index (χ0n) is 8.32. The molecule has 0 bridgehead atoms. The molecule has 0 aromatic heterocycles. The smallest absolute Gasteiger partial charge is 0.0969 e. The van der Waals surface area contributed by atoms with E-state index >= 15 is 0 Å². The third-order valence-electron chi connectivity index (χ3n) is 3.38. The lowest BCUT2D eigenvalue weighted by molar-refractivity contribution is 0.197. The van der Waals surface area contributed by atoms with E-state index in [1.165, 1.54) is 38.5 Å². The van der Waals surface area contributed by atoms with Gasteiger partial charge in [-0.2, -0.15) is 11.1 Å². The monoisotopic (exact) mass is 184 g/mol. The first-order valence-electron chi connectivity index (χ1n) is 5.36. The van der Waals surface area contributed by atoms with Crippen LogP contribution in [0.15, 0.2) is 0 Å². The van der Waals surface area contributed by atoms with E-state index in [-0.39, 0.29) is 5.66 Å². The summed E-state index contributed by atoms with van der Waals surface area (Å²) < 4.78 is 0. The molecule has 2 rings (SSSR count). The Balaban J connectivity index is 1.96. The van der Waals surface area contributed by atoms with E-state index in [2.05, 4.69) is 28.8 Å². The molecule has 1 heterocycles. The van der Waals surface area contributed by atoms with Crippen LogP contribution in [0.4, 0.5) is 0 Å². The summed E-state index contributed by atoms with van der Waals surface area (Å²) in [6.07, 6.45) is 8.24. The highest BCUT2D eigenvalue weighted by Gasteiger charge is 2.36. The van der Waals surface area contributed by atoms with E-state index in [9.17, 15) is 0 Å². The Morgan fingerprint density at radius 1 is 0.923 bits per heavy atom. The average Bonchev–Trinajstić information content (AvgIpc) is 2.44. The summed E-state index contributed by atoms with van der Waals surface area (Å²) in [5, 5.41) is 0. The van der Waals surface area contributed by atoms with Gasteiger partial charge in [-0.1, -0.05) is 25.7 Å². The zero-order valence-corrected chi connectivity index (χ0v) is 8.32. The molecule has 0 amide bonds. The fraction of sp³-hybridized carbons (Fsp3) is 1.00. The minimum Gasteiger partial charge on any atom is -0.222 e. The van der Waals surface area contributed by atoms with Crippen molar-refractivity contribution in [3.8, 4) is 0 Å². The first-order valence-corrected chi connectivity index (χ1v) is 5.36. The molecule has 0 aromatic rings. The molecule has 2 fully saturated rings. The summed E-state index contributed by atoms with van der Waals surface area (Å²) in [4.78, 5) is 0. The van der Waals surface area contributed by atoms with Crippen molar-refractivity contribution in [2.45, 2.75) is 51.1 Å². The molecule has 4 nitrogen and oxygen atoms in total. The van der Waals surface area contributed by atoms with Gasteiger partial charge in [0.25, 0.3) is 0 Å². The van der Waals surface area contributed by atoms with Gasteiger partial charge >= 0.3 is 0 Å². The van der Waals surface area contributed by atoms with Crippen LogP contribution in [-0.2, 0) is 0 Å². The minimum absolute atomic E-state index is 0.0321. The molecule has 0 radical (unpaired) electrons. The molecule has 13 heavy (non-hydrogen) atoms. The van der Waals surface area contributed by atoms with Gasteiger partial charge in [-0.05, 0) is 25.7 Å². The Labute approximate surface area is 79.8 Å². The molecule has 1 aliphatic carbocycles. The molecule has 4 N–H and O–H groups in total. The quantitative estimate of drug-likeness (QED) is 0.455. The summed E-state index contributed by atoms with van der Waals surface area (Å²) in [6, 6.07) is 0. The fourth-order valence-electron chi connectivity index (χ4n) is 2.41. The lowest BCUT2D eigenvalue weighted by Crippen LogP contribution is -2.54. The average molecular weight is 184 g/mol. The Kier molecular flexibility index (Phi) is 2.83. The highest BCUT2D eigenvalue weighted by Crippen LogP contribution is 2.30. The van der Waals surface area contributed by atoms with Crippen LogP contribution in [0.2, 0.25) is 0 Å². The van der Waals surface area contributed by atoms with Crippen LogP contribution in [-0.4, -0.2) is 5.66 Å². The van der Waals surface area contributed by atoms with Crippen molar-refractivity contribution in [1.29, 1.82) is 0 Å². The molecule has 1 saturated carbocycles. The molecule has 2 aliphatic rings. The second-order valence-corrected chi connectivity index (χ2v) is 4.39. The number of hydrazine groups is 3. The van der Waals surface area contributed by atoms with Gasteiger partial charge in [0.05, 0.1) is 5.66 Å². The fourth-order valence-corrected chi connectivity index (χ4v) is 2.41. The van der Waals surface area contributed by atoms with Gasteiger partial charge in [0.15, 0.2) is 0 Å². The van der Waals surface area contributed by atoms with Gasteiger partial charge in [-0.25, -0.2) is 10.9 Å². The van der Waals surface area contributed by atoms with Crippen LogP contribution in [0.1, 0.15) is 45.4 Å². The Hall–Kier alpha value is -0.160. The lowest BCUT2D eigenvalue weighted by Gasteiger charge is -2.32. The van der Waals surface area contributed by atoms with E-state index in [1.54, 1.807) is 0 Å². The van der Waals surface area contributed by atoms with E-state index in [1.807, 2.05) is 0 Å². The molecule has 0 unspecified atom stereocenters. The van der Waals surface area contributed by atoms with Crippen molar-refractivity contribution in [2.24, 2.45) is 5.92 Å². The van der Waals surface area contributed by atoms with Gasteiger partial charge in [-0.3, -0.25) is 0 Å². The number of rotatable bonds is 1. The van der Waals surface area contributed by atoms with Crippen molar-refractivity contribution in [1.82, 2.24) is 21.9 Å². The van der Waals surface area contributed by atoms with E-state index in [0.29, 0.717) is 0 Å². The van der Waals surface area contributed by atoms with Crippen molar-refractivity contribution in [3.05, 3.63) is 0 Å². The van der Waals surface area contributed by atoms with Crippen LogP contribution in [0.3, 0.4) is 0 Å². The summed E-state index contributed by atoms with van der Waals surface area (Å²) in [5.74, 6) is 0.734. The maximum absolute atomic E-state index is 3.26. The Morgan fingerprint density at radius 2 is 1.46 bits per heavy atom. The molecular weight excluding hydrogens is 164 g/mol. The molecule has 0 aromatic carbocycles. The minimum atomic E-state index is 0.0321. The zero-order chi connectivity index (χ0) is 9.15. The van der Waals surface area contributed by atoms with Crippen molar-refractivity contribution in [2.75, 3.05) is 0 Å². The molecule has 1 aliphatic heterocycles. The molecule has 4 heteroatoms. The van der Waals surface area contributed by atoms with Crippen molar-refractivity contribution < 1.29 is 0 Å². The van der Waals surface area contributed by atoms with Crippen molar-refractivity contribution in [3.63, 3.8) is 0 Å².